The Kier molecular flexibility index (Phi) is 8.82. The van der Waals surface area contributed by atoms with E-state index < -0.39 is 6.04 Å². The summed E-state index contributed by atoms with van der Waals surface area (Å²) >= 11 is 0. The first-order valence-corrected chi connectivity index (χ1v) is 11.7. The van der Waals surface area contributed by atoms with E-state index in [0.717, 1.165) is 28.7 Å². The number of carbonyl (C=O) groups excluding carboxylic acids is 2. The Balaban J connectivity index is 1.86. The molecule has 3 aromatic carbocycles. The SMILES string of the molecule is CCc1ccc(CCC(=O)N(Cc2ccccc2C)C(Cc2ccccc2)C(=O)NC)cc1. The van der Waals surface area contributed by atoms with Gasteiger partial charge in [-0.05, 0) is 47.6 Å². The molecule has 0 radical (unpaired) electrons. The van der Waals surface area contributed by atoms with E-state index in [4.69, 9.17) is 0 Å². The van der Waals surface area contributed by atoms with Crippen molar-refractivity contribution in [2.24, 2.45) is 0 Å². The summed E-state index contributed by atoms with van der Waals surface area (Å²) in [5.74, 6) is -0.157. The van der Waals surface area contributed by atoms with Crippen molar-refractivity contribution in [1.82, 2.24) is 10.2 Å². The summed E-state index contributed by atoms with van der Waals surface area (Å²) in [5.41, 5.74) is 5.62. The first-order chi connectivity index (χ1) is 16.0. The molecule has 0 aliphatic carbocycles. The van der Waals surface area contributed by atoms with Gasteiger partial charge in [0.05, 0.1) is 0 Å². The highest BCUT2D eigenvalue weighted by Gasteiger charge is 2.29. The van der Waals surface area contributed by atoms with Gasteiger partial charge in [-0.3, -0.25) is 9.59 Å². The van der Waals surface area contributed by atoms with Gasteiger partial charge < -0.3 is 10.2 Å². The van der Waals surface area contributed by atoms with Crippen molar-refractivity contribution in [2.45, 2.75) is 52.1 Å². The number of aryl methyl sites for hydroxylation is 3. The lowest BCUT2D eigenvalue weighted by molar-refractivity contribution is -0.141. The van der Waals surface area contributed by atoms with Crippen LogP contribution in [-0.4, -0.2) is 29.8 Å². The van der Waals surface area contributed by atoms with Gasteiger partial charge in [-0.15, -0.1) is 0 Å². The van der Waals surface area contributed by atoms with Crippen LogP contribution in [0.5, 0.6) is 0 Å². The third kappa shape index (κ3) is 6.79. The van der Waals surface area contributed by atoms with Crippen molar-refractivity contribution in [3.8, 4) is 0 Å². The standard InChI is InChI=1S/C29H34N2O2/c1-4-23-14-16-24(17-15-23)18-19-28(32)31(21-26-13-9-8-10-22(26)2)27(29(33)30-3)20-25-11-6-5-7-12-25/h5-17,27H,4,18-21H2,1-3H3,(H,30,33). The van der Waals surface area contributed by atoms with Gasteiger partial charge in [0.15, 0.2) is 0 Å². The summed E-state index contributed by atoms with van der Waals surface area (Å²) in [6.45, 7) is 4.58. The summed E-state index contributed by atoms with van der Waals surface area (Å²) in [6.07, 6.45) is 2.48. The van der Waals surface area contributed by atoms with Gasteiger partial charge in [-0.1, -0.05) is 85.8 Å². The zero-order valence-corrected chi connectivity index (χ0v) is 19.9. The summed E-state index contributed by atoms with van der Waals surface area (Å²) in [6, 6.07) is 25.8. The van der Waals surface area contributed by atoms with E-state index in [1.807, 2.05) is 61.5 Å². The average Bonchev–Trinajstić information content (AvgIpc) is 2.86. The van der Waals surface area contributed by atoms with Crippen LogP contribution >= 0.6 is 0 Å². The van der Waals surface area contributed by atoms with Crippen LogP contribution in [0.15, 0.2) is 78.9 Å². The molecule has 0 aliphatic heterocycles. The van der Waals surface area contributed by atoms with E-state index in [-0.39, 0.29) is 11.8 Å². The molecule has 4 heteroatoms. The summed E-state index contributed by atoms with van der Waals surface area (Å²) in [5, 5.41) is 2.77. The molecule has 0 fully saturated rings. The van der Waals surface area contributed by atoms with Crippen molar-refractivity contribution < 1.29 is 9.59 Å². The first kappa shape index (κ1) is 24.2. The molecule has 1 N–H and O–H groups in total. The van der Waals surface area contributed by atoms with Crippen molar-refractivity contribution in [3.63, 3.8) is 0 Å². The van der Waals surface area contributed by atoms with Crippen LogP contribution in [-0.2, 0) is 35.4 Å². The maximum Gasteiger partial charge on any atom is 0.242 e. The lowest BCUT2D eigenvalue weighted by Crippen LogP contribution is -2.49. The molecule has 0 aromatic heterocycles. The maximum atomic E-state index is 13.6. The number of hydrogen-bond acceptors (Lipinski definition) is 2. The summed E-state index contributed by atoms with van der Waals surface area (Å²) in [7, 11) is 1.63. The minimum absolute atomic E-state index is 0.0117. The summed E-state index contributed by atoms with van der Waals surface area (Å²) in [4.78, 5) is 28.3. The van der Waals surface area contributed by atoms with E-state index >= 15 is 0 Å². The smallest absolute Gasteiger partial charge is 0.242 e. The Morgan fingerprint density at radius 1 is 0.848 bits per heavy atom. The number of hydrogen-bond donors (Lipinski definition) is 1. The van der Waals surface area contributed by atoms with Gasteiger partial charge in [0.2, 0.25) is 11.8 Å². The minimum atomic E-state index is -0.577. The largest absolute Gasteiger partial charge is 0.357 e. The molecule has 172 valence electrons. The molecule has 1 unspecified atom stereocenters. The molecule has 2 amide bonds. The Morgan fingerprint density at radius 2 is 1.48 bits per heavy atom. The second-order valence-electron chi connectivity index (χ2n) is 8.44. The molecule has 0 saturated carbocycles. The predicted octanol–water partition coefficient (Wildman–Crippen LogP) is 4.88. The maximum absolute atomic E-state index is 13.6. The number of nitrogens with one attached hydrogen (secondary N) is 1. The highest BCUT2D eigenvalue weighted by Crippen LogP contribution is 2.19. The average molecular weight is 443 g/mol. The van der Waals surface area contributed by atoms with Gasteiger partial charge >= 0.3 is 0 Å². The molecular weight excluding hydrogens is 408 g/mol. The van der Waals surface area contributed by atoms with Crippen LogP contribution < -0.4 is 5.32 Å². The van der Waals surface area contributed by atoms with Crippen LogP contribution in [0.1, 0.15) is 41.2 Å². The summed E-state index contributed by atoms with van der Waals surface area (Å²) < 4.78 is 0. The van der Waals surface area contributed by atoms with E-state index in [1.54, 1.807) is 11.9 Å². The van der Waals surface area contributed by atoms with Gasteiger partial charge in [0, 0.05) is 26.4 Å². The Bertz CT molecular complexity index is 1040. The van der Waals surface area contributed by atoms with Crippen LogP contribution in [0.2, 0.25) is 0 Å². The van der Waals surface area contributed by atoms with Crippen LogP contribution in [0, 0.1) is 6.92 Å². The highest BCUT2D eigenvalue weighted by atomic mass is 16.2. The minimum Gasteiger partial charge on any atom is -0.357 e. The Hall–Kier alpha value is -3.40. The van der Waals surface area contributed by atoms with Crippen molar-refractivity contribution in [2.75, 3.05) is 7.05 Å². The normalized spacial score (nSPS) is 11.6. The van der Waals surface area contributed by atoms with Crippen molar-refractivity contribution in [1.29, 1.82) is 0 Å². The Labute approximate surface area is 197 Å². The van der Waals surface area contributed by atoms with Crippen LogP contribution in [0.3, 0.4) is 0 Å². The molecule has 0 heterocycles. The molecule has 0 bridgehead atoms. The van der Waals surface area contributed by atoms with Crippen molar-refractivity contribution in [3.05, 3.63) is 107 Å². The zero-order chi connectivity index (χ0) is 23.6. The fourth-order valence-corrected chi connectivity index (χ4v) is 4.03. The molecule has 0 saturated heterocycles. The Morgan fingerprint density at radius 3 is 2.12 bits per heavy atom. The predicted molar refractivity (Wildman–Crippen MR) is 134 cm³/mol. The van der Waals surface area contributed by atoms with Crippen LogP contribution in [0.25, 0.3) is 0 Å². The fraction of sp³-hybridized carbons (Fsp3) is 0.310. The van der Waals surface area contributed by atoms with E-state index in [1.165, 1.54) is 5.56 Å². The lowest BCUT2D eigenvalue weighted by Gasteiger charge is -2.31. The zero-order valence-electron chi connectivity index (χ0n) is 19.9. The van der Waals surface area contributed by atoms with Crippen LogP contribution in [0.4, 0.5) is 0 Å². The third-order valence-corrected chi connectivity index (χ3v) is 6.18. The third-order valence-electron chi connectivity index (χ3n) is 6.18. The van der Waals surface area contributed by atoms with Crippen molar-refractivity contribution >= 4 is 11.8 Å². The fourth-order valence-electron chi connectivity index (χ4n) is 4.03. The van der Waals surface area contributed by atoms with E-state index in [0.29, 0.717) is 25.8 Å². The van der Waals surface area contributed by atoms with E-state index in [2.05, 4.69) is 36.5 Å². The molecule has 0 spiro atoms. The van der Waals surface area contributed by atoms with Gasteiger partial charge in [0.25, 0.3) is 0 Å². The highest BCUT2D eigenvalue weighted by molar-refractivity contribution is 5.88. The molecule has 3 rings (SSSR count). The molecule has 3 aromatic rings. The molecule has 4 nitrogen and oxygen atoms in total. The molecular formula is C29H34N2O2. The molecule has 0 aliphatic rings. The topological polar surface area (TPSA) is 49.4 Å². The van der Waals surface area contributed by atoms with E-state index in [9.17, 15) is 9.59 Å². The second-order valence-corrected chi connectivity index (χ2v) is 8.44. The molecule has 33 heavy (non-hydrogen) atoms. The number of benzene rings is 3. The quantitative estimate of drug-likeness (QED) is 0.487. The lowest BCUT2D eigenvalue weighted by atomic mass is 10.00. The number of likely N-dealkylation sites (N-methyl/N-ethyl adjacent to an activating group) is 1. The number of carbonyl (C=O) groups is 2. The second kappa shape index (κ2) is 12.0. The first-order valence-electron chi connectivity index (χ1n) is 11.7. The number of amides is 2. The van der Waals surface area contributed by atoms with Gasteiger partial charge in [-0.2, -0.15) is 0 Å². The number of rotatable bonds is 10. The number of nitrogens with zero attached hydrogens (tertiary/aromatic N) is 1. The molecule has 1 atom stereocenters. The van der Waals surface area contributed by atoms with Gasteiger partial charge in [-0.25, -0.2) is 0 Å². The van der Waals surface area contributed by atoms with Gasteiger partial charge in [0.1, 0.15) is 6.04 Å². The monoisotopic (exact) mass is 442 g/mol.